The third-order valence-electron chi connectivity index (χ3n) is 3.27. The highest BCUT2D eigenvalue weighted by molar-refractivity contribution is 5.69. The predicted molar refractivity (Wildman–Crippen MR) is 84.2 cm³/mol. The molecule has 1 aromatic rings. The third kappa shape index (κ3) is 7.78. The predicted octanol–water partition coefficient (Wildman–Crippen LogP) is 2.40. The van der Waals surface area contributed by atoms with Crippen LogP contribution in [0.15, 0.2) is 30.3 Å². The highest BCUT2D eigenvalue weighted by Crippen LogP contribution is 2.07. The van der Waals surface area contributed by atoms with Gasteiger partial charge in [0.05, 0.1) is 20.1 Å². The number of carbonyl (C=O) groups is 2. The Bertz CT molecular complexity index is 447. The van der Waals surface area contributed by atoms with Crippen LogP contribution in [0, 0.1) is 0 Å². The number of esters is 2. The fourth-order valence-corrected chi connectivity index (χ4v) is 2.14. The van der Waals surface area contributed by atoms with E-state index in [4.69, 9.17) is 4.74 Å². The van der Waals surface area contributed by atoms with Crippen molar-refractivity contribution in [3.05, 3.63) is 35.9 Å². The van der Waals surface area contributed by atoms with Crippen molar-refractivity contribution in [3.63, 3.8) is 0 Å². The molecular weight excluding hydrogens is 282 g/mol. The second-order valence-corrected chi connectivity index (χ2v) is 5.00. The van der Waals surface area contributed by atoms with Crippen LogP contribution in [0.4, 0.5) is 0 Å². The van der Waals surface area contributed by atoms with Crippen molar-refractivity contribution in [3.8, 4) is 0 Å². The fourth-order valence-electron chi connectivity index (χ4n) is 2.14. The molecule has 0 fully saturated rings. The standard InChI is InChI=1S/C17H25NO4/c1-3-22-17(20)11-13-18(12-7-10-16(19)21-2)14-15-8-5-4-6-9-15/h4-6,8-9H,3,7,10-14H2,1-2H3. The normalized spacial score (nSPS) is 10.5. The maximum Gasteiger partial charge on any atom is 0.307 e. The summed E-state index contributed by atoms with van der Waals surface area (Å²) in [5, 5.41) is 0. The average molecular weight is 307 g/mol. The van der Waals surface area contributed by atoms with Crippen molar-refractivity contribution < 1.29 is 19.1 Å². The summed E-state index contributed by atoms with van der Waals surface area (Å²) >= 11 is 0. The van der Waals surface area contributed by atoms with E-state index < -0.39 is 0 Å². The molecule has 1 rings (SSSR count). The van der Waals surface area contributed by atoms with Crippen molar-refractivity contribution in [1.82, 2.24) is 4.90 Å². The molecule has 0 unspecified atom stereocenters. The Balaban J connectivity index is 2.48. The van der Waals surface area contributed by atoms with E-state index in [0.717, 1.165) is 13.1 Å². The molecule has 0 amide bonds. The molecule has 0 saturated carbocycles. The van der Waals surface area contributed by atoms with Gasteiger partial charge in [-0.1, -0.05) is 30.3 Å². The van der Waals surface area contributed by atoms with Gasteiger partial charge >= 0.3 is 11.9 Å². The quantitative estimate of drug-likeness (QED) is 0.621. The number of hydrogen-bond acceptors (Lipinski definition) is 5. The number of ether oxygens (including phenoxy) is 2. The third-order valence-corrected chi connectivity index (χ3v) is 3.27. The largest absolute Gasteiger partial charge is 0.469 e. The summed E-state index contributed by atoms with van der Waals surface area (Å²) in [5.41, 5.74) is 1.18. The molecule has 0 aliphatic rings. The minimum Gasteiger partial charge on any atom is -0.469 e. The lowest BCUT2D eigenvalue weighted by Crippen LogP contribution is -2.28. The summed E-state index contributed by atoms with van der Waals surface area (Å²) in [6.07, 6.45) is 1.46. The SMILES string of the molecule is CCOC(=O)CCN(CCCC(=O)OC)Cc1ccccc1. The van der Waals surface area contributed by atoms with E-state index in [1.165, 1.54) is 12.7 Å². The topological polar surface area (TPSA) is 55.8 Å². The zero-order valence-corrected chi connectivity index (χ0v) is 13.4. The van der Waals surface area contributed by atoms with Crippen LogP contribution in [0.2, 0.25) is 0 Å². The van der Waals surface area contributed by atoms with Gasteiger partial charge in [0, 0.05) is 19.5 Å². The van der Waals surface area contributed by atoms with E-state index in [0.29, 0.717) is 32.4 Å². The highest BCUT2D eigenvalue weighted by atomic mass is 16.5. The summed E-state index contributed by atoms with van der Waals surface area (Å²) in [4.78, 5) is 24.9. The van der Waals surface area contributed by atoms with Gasteiger partial charge in [0.15, 0.2) is 0 Å². The Hall–Kier alpha value is -1.88. The van der Waals surface area contributed by atoms with Gasteiger partial charge < -0.3 is 9.47 Å². The molecule has 0 atom stereocenters. The Morgan fingerprint density at radius 1 is 1.05 bits per heavy atom. The molecule has 0 spiro atoms. The lowest BCUT2D eigenvalue weighted by atomic mass is 10.2. The molecule has 1 aromatic carbocycles. The summed E-state index contributed by atoms with van der Waals surface area (Å²) in [6.45, 7) is 4.32. The monoisotopic (exact) mass is 307 g/mol. The molecule has 0 bridgehead atoms. The van der Waals surface area contributed by atoms with Crippen LogP contribution < -0.4 is 0 Å². The summed E-state index contributed by atoms with van der Waals surface area (Å²) in [5.74, 6) is -0.390. The lowest BCUT2D eigenvalue weighted by molar-refractivity contribution is -0.144. The minimum absolute atomic E-state index is 0.187. The molecule has 5 heteroatoms. The number of rotatable bonds is 10. The van der Waals surface area contributed by atoms with Gasteiger partial charge in [-0.25, -0.2) is 0 Å². The molecule has 22 heavy (non-hydrogen) atoms. The smallest absolute Gasteiger partial charge is 0.307 e. The molecule has 122 valence electrons. The van der Waals surface area contributed by atoms with Gasteiger partial charge in [0.25, 0.3) is 0 Å². The first-order chi connectivity index (χ1) is 10.7. The van der Waals surface area contributed by atoms with Crippen molar-refractivity contribution in [2.24, 2.45) is 0 Å². The number of nitrogens with zero attached hydrogens (tertiary/aromatic N) is 1. The maximum atomic E-state index is 11.5. The van der Waals surface area contributed by atoms with Crippen LogP contribution in [-0.4, -0.2) is 43.6 Å². The number of benzene rings is 1. The molecule has 5 nitrogen and oxygen atoms in total. The van der Waals surface area contributed by atoms with Crippen LogP contribution in [-0.2, 0) is 25.6 Å². The second kappa shape index (κ2) is 10.8. The molecule has 0 aromatic heterocycles. The van der Waals surface area contributed by atoms with Crippen LogP contribution in [0.25, 0.3) is 0 Å². The van der Waals surface area contributed by atoms with Gasteiger partial charge in [0.2, 0.25) is 0 Å². The van der Waals surface area contributed by atoms with Crippen LogP contribution in [0.5, 0.6) is 0 Å². The first-order valence-electron chi connectivity index (χ1n) is 7.64. The van der Waals surface area contributed by atoms with Crippen LogP contribution in [0.3, 0.4) is 0 Å². The van der Waals surface area contributed by atoms with Gasteiger partial charge in [-0.05, 0) is 25.5 Å². The van der Waals surface area contributed by atoms with E-state index in [9.17, 15) is 9.59 Å². The van der Waals surface area contributed by atoms with Gasteiger partial charge in [-0.3, -0.25) is 14.5 Å². The first-order valence-corrected chi connectivity index (χ1v) is 7.64. The number of methoxy groups -OCH3 is 1. The average Bonchev–Trinajstić information content (AvgIpc) is 2.53. The molecule has 0 aliphatic heterocycles. The molecule has 0 saturated heterocycles. The molecule has 0 N–H and O–H groups in total. The van der Waals surface area contributed by atoms with Crippen molar-refractivity contribution >= 4 is 11.9 Å². The molecule has 0 aliphatic carbocycles. The van der Waals surface area contributed by atoms with Gasteiger partial charge in [-0.15, -0.1) is 0 Å². The van der Waals surface area contributed by atoms with E-state index in [2.05, 4.69) is 21.8 Å². The van der Waals surface area contributed by atoms with Crippen molar-refractivity contribution in [1.29, 1.82) is 0 Å². The minimum atomic E-state index is -0.204. The van der Waals surface area contributed by atoms with E-state index in [1.807, 2.05) is 18.2 Å². The summed E-state index contributed by atoms with van der Waals surface area (Å²) < 4.78 is 9.61. The lowest BCUT2D eigenvalue weighted by Gasteiger charge is -2.21. The van der Waals surface area contributed by atoms with Crippen molar-refractivity contribution in [2.45, 2.75) is 32.7 Å². The molecule has 0 radical (unpaired) electrons. The number of carbonyl (C=O) groups excluding carboxylic acids is 2. The summed E-state index contributed by atoms with van der Waals surface area (Å²) in [6, 6.07) is 10.1. The van der Waals surface area contributed by atoms with Crippen LogP contribution in [0.1, 0.15) is 31.7 Å². The molecular formula is C17H25NO4. The highest BCUT2D eigenvalue weighted by Gasteiger charge is 2.11. The summed E-state index contributed by atoms with van der Waals surface area (Å²) in [7, 11) is 1.39. The second-order valence-electron chi connectivity index (χ2n) is 5.00. The Morgan fingerprint density at radius 2 is 1.77 bits per heavy atom. The number of hydrogen-bond donors (Lipinski definition) is 0. The van der Waals surface area contributed by atoms with E-state index >= 15 is 0 Å². The van der Waals surface area contributed by atoms with Gasteiger partial charge in [0.1, 0.15) is 0 Å². The fraction of sp³-hybridized carbons (Fsp3) is 0.529. The Labute approximate surface area is 132 Å². The zero-order chi connectivity index (χ0) is 16.2. The Morgan fingerprint density at radius 3 is 2.41 bits per heavy atom. The van der Waals surface area contributed by atoms with E-state index in [-0.39, 0.29) is 11.9 Å². The zero-order valence-electron chi connectivity index (χ0n) is 13.4. The first kappa shape index (κ1) is 18.2. The van der Waals surface area contributed by atoms with Gasteiger partial charge in [-0.2, -0.15) is 0 Å². The van der Waals surface area contributed by atoms with Crippen LogP contribution >= 0.6 is 0 Å². The van der Waals surface area contributed by atoms with E-state index in [1.54, 1.807) is 6.92 Å². The molecule has 0 heterocycles. The van der Waals surface area contributed by atoms with Crippen molar-refractivity contribution in [2.75, 3.05) is 26.8 Å². The Kier molecular flexibility index (Phi) is 8.91. The maximum absolute atomic E-state index is 11.5.